The largest absolute Gasteiger partial charge is 0.481 e. The minimum atomic E-state index is -0.680. The highest BCUT2D eigenvalue weighted by Crippen LogP contribution is 2.06. The van der Waals surface area contributed by atoms with Crippen molar-refractivity contribution in [2.75, 3.05) is 19.6 Å². The topological polar surface area (TPSA) is 40.5 Å². The maximum Gasteiger partial charge on any atom is 0.307 e. The van der Waals surface area contributed by atoms with Gasteiger partial charge in [0.25, 0.3) is 0 Å². The Labute approximate surface area is 106 Å². The van der Waals surface area contributed by atoms with Crippen molar-refractivity contribution < 1.29 is 9.90 Å². The van der Waals surface area contributed by atoms with Gasteiger partial charge in [-0.25, -0.2) is 0 Å². The zero-order valence-corrected chi connectivity index (χ0v) is 11.7. The molecule has 0 aromatic rings. The van der Waals surface area contributed by atoms with Gasteiger partial charge in [-0.15, -0.1) is 0 Å². The van der Waals surface area contributed by atoms with Gasteiger partial charge in [-0.2, -0.15) is 0 Å². The lowest BCUT2D eigenvalue weighted by molar-refractivity contribution is -0.141. The molecule has 1 atom stereocenters. The molecule has 0 aliphatic heterocycles. The quantitative estimate of drug-likeness (QED) is 0.565. The molecule has 0 bridgehead atoms. The number of hydrogen-bond acceptors (Lipinski definition) is 2. The highest BCUT2D eigenvalue weighted by molar-refractivity contribution is 5.69. The Kier molecular flexibility index (Phi) is 10.2. The summed E-state index contributed by atoms with van der Waals surface area (Å²) in [5.74, 6) is -0.931. The first-order valence-corrected chi connectivity index (χ1v) is 7.06. The van der Waals surface area contributed by atoms with Crippen molar-refractivity contribution in [3.05, 3.63) is 0 Å². The average Bonchev–Trinajstić information content (AvgIpc) is 2.29. The number of unbranched alkanes of at least 4 members (excludes halogenated alkanes) is 4. The number of rotatable bonds is 11. The fraction of sp³-hybridized carbons (Fsp3) is 0.929. The molecule has 3 nitrogen and oxygen atoms in total. The van der Waals surface area contributed by atoms with Crippen molar-refractivity contribution in [2.45, 2.75) is 59.3 Å². The highest BCUT2D eigenvalue weighted by Gasteiger charge is 2.15. The molecule has 0 aliphatic rings. The molecule has 0 heterocycles. The Morgan fingerprint density at radius 3 is 1.88 bits per heavy atom. The van der Waals surface area contributed by atoms with E-state index in [2.05, 4.69) is 18.7 Å². The summed E-state index contributed by atoms with van der Waals surface area (Å²) in [5, 5.41) is 8.95. The number of hydrogen-bond donors (Lipinski definition) is 1. The van der Waals surface area contributed by atoms with Gasteiger partial charge in [-0.3, -0.25) is 4.79 Å². The number of carboxylic acid groups (broad SMARTS) is 1. The lowest BCUT2D eigenvalue weighted by atomic mass is 10.1. The van der Waals surface area contributed by atoms with Crippen LogP contribution in [0.5, 0.6) is 0 Å². The second-order valence-electron chi connectivity index (χ2n) is 4.95. The third kappa shape index (κ3) is 9.16. The summed E-state index contributed by atoms with van der Waals surface area (Å²) in [4.78, 5) is 13.2. The van der Waals surface area contributed by atoms with Crippen molar-refractivity contribution in [2.24, 2.45) is 5.92 Å². The van der Waals surface area contributed by atoms with Gasteiger partial charge >= 0.3 is 5.97 Å². The molecule has 102 valence electrons. The van der Waals surface area contributed by atoms with E-state index in [-0.39, 0.29) is 5.92 Å². The van der Waals surface area contributed by atoms with Crippen LogP contribution in [0.2, 0.25) is 0 Å². The van der Waals surface area contributed by atoms with Crippen LogP contribution in [0.15, 0.2) is 0 Å². The van der Waals surface area contributed by atoms with E-state index < -0.39 is 5.97 Å². The van der Waals surface area contributed by atoms with Crippen LogP contribution < -0.4 is 0 Å². The van der Waals surface area contributed by atoms with Crippen molar-refractivity contribution >= 4 is 5.97 Å². The van der Waals surface area contributed by atoms with Crippen LogP contribution in [0.3, 0.4) is 0 Å². The normalized spacial score (nSPS) is 12.9. The molecule has 0 radical (unpaired) electrons. The van der Waals surface area contributed by atoms with Crippen LogP contribution in [0.1, 0.15) is 59.3 Å². The summed E-state index contributed by atoms with van der Waals surface area (Å²) >= 11 is 0. The van der Waals surface area contributed by atoms with Crippen molar-refractivity contribution in [1.29, 1.82) is 0 Å². The number of carbonyl (C=O) groups is 1. The molecule has 0 spiro atoms. The molecule has 0 saturated carbocycles. The summed E-state index contributed by atoms with van der Waals surface area (Å²) in [6.45, 7) is 8.99. The van der Waals surface area contributed by atoms with E-state index in [1.165, 1.54) is 38.5 Å². The summed E-state index contributed by atoms with van der Waals surface area (Å²) in [7, 11) is 0. The Morgan fingerprint density at radius 1 is 1.06 bits per heavy atom. The van der Waals surface area contributed by atoms with Crippen LogP contribution in [-0.4, -0.2) is 35.6 Å². The molecule has 17 heavy (non-hydrogen) atoms. The predicted octanol–water partition coefficient (Wildman–Crippen LogP) is 3.39. The number of carboxylic acids is 1. The summed E-state index contributed by atoms with van der Waals surface area (Å²) < 4.78 is 0. The molecular formula is C14H29NO2. The Bertz CT molecular complexity index is 185. The Morgan fingerprint density at radius 2 is 1.53 bits per heavy atom. The third-order valence-electron chi connectivity index (χ3n) is 3.11. The fourth-order valence-corrected chi connectivity index (χ4v) is 1.93. The molecule has 3 heteroatoms. The van der Waals surface area contributed by atoms with Gasteiger partial charge in [0.2, 0.25) is 0 Å². The Hall–Kier alpha value is -0.570. The third-order valence-corrected chi connectivity index (χ3v) is 3.11. The molecule has 0 rings (SSSR count). The molecule has 0 saturated heterocycles. The lowest BCUT2D eigenvalue weighted by Gasteiger charge is -2.24. The lowest BCUT2D eigenvalue weighted by Crippen LogP contribution is -2.33. The van der Waals surface area contributed by atoms with Gasteiger partial charge in [0.1, 0.15) is 0 Å². The number of aliphatic carboxylic acids is 1. The highest BCUT2D eigenvalue weighted by atomic mass is 16.4. The van der Waals surface area contributed by atoms with E-state index in [1.54, 1.807) is 6.92 Å². The van der Waals surface area contributed by atoms with Crippen LogP contribution in [0.4, 0.5) is 0 Å². The van der Waals surface area contributed by atoms with E-state index in [1.807, 2.05) is 0 Å². The Balaban J connectivity index is 3.95. The van der Waals surface area contributed by atoms with Gasteiger partial charge in [-0.1, -0.05) is 46.5 Å². The zero-order valence-electron chi connectivity index (χ0n) is 11.7. The first-order valence-electron chi connectivity index (χ1n) is 7.06. The van der Waals surface area contributed by atoms with E-state index in [0.29, 0.717) is 6.54 Å². The van der Waals surface area contributed by atoms with Crippen LogP contribution in [0.25, 0.3) is 0 Å². The van der Waals surface area contributed by atoms with Crippen molar-refractivity contribution in [1.82, 2.24) is 4.90 Å². The molecule has 0 amide bonds. The average molecular weight is 243 g/mol. The number of nitrogens with zero attached hydrogens (tertiary/aromatic N) is 1. The molecule has 0 aromatic heterocycles. The van der Waals surface area contributed by atoms with Gasteiger partial charge in [0.15, 0.2) is 0 Å². The minimum absolute atomic E-state index is 0.252. The van der Waals surface area contributed by atoms with Crippen molar-refractivity contribution in [3.63, 3.8) is 0 Å². The molecule has 0 aliphatic carbocycles. The zero-order chi connectivity index (χ0) is 13.1. The molecule has 0 fully saturated rings. The van der Waals surface area contributed by atoms with Crippen LogP contribution in [-0.2, 0) is 4.79 Å². The standard InChI is InChI=1S/C14H29NO2/c1-4-6-8-10-15(11-9-7-5-2)12-13(3)14(16)17/h13H,4-12H2,1-3H3,(H,16,17). The first-order chi connectivity index (χ1) is 8.11. The predicted molar refractivity (Wildman–Crippen MR) is 72.3 cm³/mol. The maximum atomic E-state index is 10.9. The molecule has 1 N–H and O–H groups in total. The van der Waals surface area contributed by atoms with Crippen LogP contribution in [0, 0.1) is 5.92 Å². The van der Waals surface area contributed by atoms with E-state index >= 15 is 0 Å². The SMILES string of the molecule is CCCCCN(CCCCC)CC(C)C(=O)O. The van der Waals surface area contributed by atoms with E-state index in [0.717, 1.165) is 13.1 Å². The van der Waals surface area contributed by atoms with Gasteiger partial charge in [0, 0.05) is 6.54 Å². The fourth-order valence-electron chi connectivity index (χ4n) is 1.93. The smallest absolute Gasteiger partial charge is 0.307 e. The monoisotopic (exact) mass is 243 g/mol. The van der Waals surface area contributed by atoms with Crippen LogP contribution >= 0.6 is 0 Å². The minimum Gasteiger partial charge on any atom is -0.481 e. The van der Waals surface area contributed by atoms with Gasteiger partial charge < -0.3 is 10.0 Å². The van der Waals surface area contributed by atoms with E-state index in [9.17, 15) is 4.79 Å². The van der Waals surface area contributed by atoms with Crippen molar-refractivity contribution in [3.8, 4) is 0 Å². The van der Waals surface area contributed by atoms with Gasteiger partial charge in [0.05, 0.1) is 5.92 Å². The second-order valence-corrected chi connectivity index (χ2v) is 4.95. The maximum absolute atomic E-state index is 10.9. The first kappa shape index (κ1) is 16.4. The molecular weight excluding hydrogens is 214 g/mol. The summed E-state index contributed by atoms with van der Waals surface area (Å²) in [5.41, 5.74) is 0. The second kappa shape index (κ2) is 10.6. The molecule has 0 aromatic carbocycles. The summed E-state index contributed by atoms with van der Waals surface area (Å²) in [6, 6.07) is 0. The summed E-state index contributed by atoms with van der Waals surface area (Å²) in [6.07, 6.45) is 7.30. The van der Waals surface area contributed by atoms with E-state index in [4.69, 9.17) is 5.11 Å². The molecule has 1 unspecified atom stereocenters. The van der Waals surface area contributed by atoms with Gasteiger partial charge in [-0.05, 0) is 25.9 Å².